The van der Waals surface area contributed by atoms with E-state index < -0.39 is 0 Å². The van der Waals surface area contributed by atoms with E-state index in [9.17, 15) is 5.11 Å². The first-order valence-electron chi connectivity index (χ1n) is 4.91. The molecule has 1 heterocycles. The highest BCUT2D eigenvalue weighted by atomic mass is 35.5. The van der Waals surface area contributed by atoms with Crippen LogP contribution in [0.2, 0.25) is 0 Å². The van der Waals surface area contributed by atoms with Crippen LogP contribution in [0, 0.1) is 0 Å². The molecule has 0 aliphatic carbocycles. The van der Waals surface area contributed by atoms with Gasteiger partial charge in [0.25, 0.3) is 0 Å². The Morgan fingerprint density at radius 3 is 2.80 bits per heavy atom. The lowest BCUT2D eigenvalue weighted by atomic mass is 10.0. The predicted octanol–water partition coefficient (Wildman–Crippen LogP) is 2.25. The third kappa shape index (κ3) is 2.55. The van der Waals surface area contributed by atoms with Crippen LogP contribution in [-0.4, -0.2) is 18.8 Å². The van der Waals surface area contributed by atoms with Crippen LogP contribution in [0.1, 0.15) is 24.4 Å². The summed E-state index contributed by atoms with van der Waals surface area (Å²) >= 11 is 0. The Labute approximate surface area is 95.9 Å². The van der Waals surface area contributed by atoms with Crippen LogP contribution >= 0.6 is 12.4 Å². The number of ether oxygens (including phenoxy) is 1. The molecule has 1 aliphatic rings. The molecule has 1 aromatic rings. The van der Waals surface area contributed by atoms with E-state index in [2.05, 4.69) is 5.32 Å². The molecule has 0 saturated carbocycles. The highest BCUT2D eigenvalue weighted by Gasteiger charge is 2.19. The second-order valence-electron chi connectivity index (χ2n) is 3.57. The Morgan fingerprint density at radius 1 is 1.47 bits per heavy atom. The Balaban J connectivity index is 0.00000112. The van der Waals surface area contributed by atoms with Gasteiger partial charge in [-0.3, -0.25) is 0 Å². The van der Waals surface area contributed by atoms with E-state index in [1.165, 1.54) is 6.42 Å². The maximum Gasteiger partial charge on any atom is 0.124 e. The van der Waals surface area contributed by atoms with Crippen molar-refractivity contribution in [3.63, 3.8) is 0 Å². The van der Waals surface area contributed by atoms with Gasteiger partial charge in [-0.15, -0.1) is 12.4 Å². The molecule has 2 N–H and O–H groups in total. The predicted molar refractivity (Wildman–Crippen MR) is 61.9 cm³/mol. The lowest BCUT2D eigenvalue weighted by Gasteiger charge is -2.13. The fourth-order valence-corrected chi connectivity index (χ4v) is 1.90. The number of hydrogen-bond donors (Lipinski definition) is 2. The molecule has 2 rings (SSSR count). The van der Waals surface area contributed by atoms with Crippen molar-refractivity contribution in [1.29, 1.82) is 0 Å². The van der Waals surface area contributed by atoms with Crippen LogP contribution in [0.25, 0.3) is 0 Å². The summed E-state index contributed by atoms with van der Waals surface area (Å²) in [4.78, 5) is 0. The minimum atomic E-state index is 0. The molecule has 1 aliphatic heterocycles. The lowest BCUT2D eigenvalue weighted by molar-refractivity contribution is 0.404. The minimum absolute atomic E-state index is 0. The molecule has 1 aromatic carbocycles. The first-order chi connectivity index (χ1) is 6.81. The number of rotatable bonds is 2. The molecule has 15 heavy (non-hydrogen) atoms. The molecule has 0 aromatic heterocycles. The third-order valence-electron chi connectivity index (χ3n) is 2.67. The van der Waals surface area contributed by atoms with Gasteiger partial charge < -0.3 is 15.2 Å². The number of hydrogen-bond acceptors (Lipinski definition) is 3. The standard InChI is InChI=1S/C11H15NO2.ClH/c1-14-8-4-5-9(11(13)7-8)10-3-2-6-12-10;/h4-5,7,10,12-13H,2-3,6H2,1H3;1H/t10-;/m0./s1. The van der Waals surface area contributed by atoms with Crippen LogP contribution in [0.4, 0.5) is 0 Å². The highest BCUT2D eigenvalue weighted by molar-refractivity contribution is 5.85. The Bertz CT molecular complexity index is 324. The van der Waals surface area contributed by atoms with Gasteiger partial charge in [-0.1, -0.05) is 6.07 Å². The molecular weight excluding hydrogens is 214 g/mol. The molecular formula is C11H16ClNO2. The fraction of sp³-hybridized carbons (Fsp3) is 0.455. The number of aromatic hydroxyl groups is 1. The third-order valence-corrected chi connectivity index (χ3v) is 2.67. The molecule has 84 valence electrons. The summed E-state index contributed by atoms with van der Waals surface area (Å²) in [5.74, 6) is 1.02. The van der Waals surface area contributed by atoms with E-state index in [1.807, 2.05) is 12.1 Å². The lowest BCUT2D eigenvalue weighted by Crippen LogP contribution is -2.12. The molecule has 0 spiro atoms. The van der Waals surface area contributed by atoms with Gasteiger partial charge in [-0.05, 0) is 25.5 Å². The summed E-state index contributed by atoms with van der Waals surface area (Å²) in [5, 5.41) is 13.1. The SMILES string of the molecule is COc1ccc([C@@H]2CCCN2)c(O)c1.Cl. The summed E-state index contributed by atoms with van der Waals surface area (Å²) in [7, 11) is 1.60. The average Bonchev–Trinajstić information content (AvgIpc) is 2.70. The van der Waals surface area contributed by atoms with Crippen LogP contribution in [0.3, 0.4) is 0 Å². The number of methoxy groups -OCH3 is 1. The summed E-state index contributed by atoms with van der Waals surface area (Å²) in [6.45, 7) is 1.04. The molecule has 3 nitrogen and oxygen atoms in total. The van der Waals surface area contributed by atoms with Gasteiger partial charge in [0.15, 0.2) is 0 Å². The Hall–Kier alpha value is -0.930. The van der Waals surface area contributed by atoms with Crippen molar-refractivity contribution in [3.8, 4) is 11.5 Å². The summed E-state index contributed by atoms with van der Waals surface area (Å²) in [5.41, 5.74) is 0.975. The number of halogens is 1. The largest absolute Gasteiger partial charge is 0.507 e. The van der Waals surface area contributed by atoms with Gasteiger partial charge in [-0.25, -0.2) is 0 Å². The summed E-state index contributed by atoms with van der Waals surface area (Å²) in [6, 6.07) is 5.78. The number of phenols is 1. The van der Waals surface area contributed by atoms with E-state index in [4.69, 9.17) is 4.74 Å². The first-order valence-corrected chi connectivity index (χ1v) is 4.91. The number of phenolic OH excluding ortho intramolecular Hbond substituents is 1. The van der Waals surface area contributed by atoms with Crippen molar-refractivity contribution in [2.24, 2.45) is 0 Å². The maximum atomic E-state index is 9.76. The monoisotopic (exact) mass is 229 g/mol. The van der Waals surface area contributed by atoms with Crippen molar-refractivity contribution in [3.05, 3.63) is 23.8 Å². The van der Waals surface area contributed by atoms with Crippen LogP contribution < -0.4 is 10.1 Å². The molecule has 0 bridgehead atoms. The zero-order valence-corrected chi connectivity index (χ0v) is 9.51. The van der Waals surface area contributed by atoms with Crippen molar-refractivity contribution in [2.75, 3.05) is 13.7 Å². The van der Waals surface area contributed by atoms with Crippen LogP contribution in [-0.2, 0) is 0 Å². The van der Waals surface area contributed by atoms with Crippen molar-refractivity contribution in [2.45, 2.75) is 18.9 Å². The van der Waals surface area contributed by atoms with Gasteiger partial charge >= 0.3 is 0 Å². The molecule has 4 heteroatoms. The van der Waals surface area contributed by atoms with E-state index in [1.54, 1.807) is 13.2 Å². The summed E-state index contributed by atoms with van der Waals surface area (Å²) in [6.07, 6.45) is 2.27. The minimum Gasteiger partial charge on any atom is -0.507 e. The number of nitrogens with one attached hydrogen (secondary N) is 1. The second kappa shape index (κ2) is 5.24. The second-order valence-corrected chi connectivity index (χ2v) is 3.57. The van der Waals surface area contributed by atoms with Crippen molar-refractivity contribution >= 4 is 12.4 Å². The van der Waals surface area contributed by atoms with E-state index >= 15 is 0 Å². The van der Waals surface area contributed by atoms with Gasteiger partial charge in [0.1, 0.15) is 11.5 Å². The van der Waals surface area contributed by atoms with Gasteiger partial charge in [0.2, 0.25) is 0 Å². The Morgan fingerprint density at radius 2 is 2.27 bits per heavy atom. The number of benzene rings is 1. The quantitative estimate of drug-likeness (QED) is 0.818. The smallest absolute Gasteiger partial charge is 0.124 e. The zero-order chi connectivity index (χ0) is 9.97. The van der Waals surface area contributed by atoms with Gasteiger partial charge in [0.05, 0.1) is 7.11 Å². The molecule has 1 saturated heterocycles. The summed E-state index contributed by atoms with van der Waals surface area (Å²) < 4.78 is 5.03. The van der Waals surface area contributed by atoms with E-state index in [0.717, 1.165) is 18.5 Å². The fourth-order valence-electron chi connectivity index (χ4n) is 1.90. The molecule has 1 fully saturated rings. The zero-order valence-electron chi connectivity index (χ0n) is 8.69. The van der Waals surface area contributed by atoms with E-state index in [0.29, 0.717) is 17.5 Å². The average molecular weight is 230 g/mol. The first kappa shape index (κ1) is 12.1. The van der Waals surface area contributed by atoms with E-state index in [-0.39, 0.29) is 12.4 Å². The van der Waals surface area contributed by atoms with Gasteiger partial charge in [-0.2, -0.15) is 0 Å². The van der Waals surface area contributed by atoms with Crippen LogP contribution in [0.15, 0.2) is 18.2 Å². The molecule has 0 unspecified atom stereocenters. The topological polar surface area (TPSA) is 41.5 Å². The maximum absolute atomic E-state index is 9.76. The van der Waals surface area contributed by atoms with Crippen molar-refractivity contribution < 1.29 is 9.84 Å². The molecule has 0 radical (unpaired) electrons. The molecule has 1 atom stereocenters. The van der Waals surface area contributed by atoms with Crippen molar-refractivity contribution in [1.82, 2.24) is 5.32 Å². The highest BCUT2D eigenvalue weighted by Crippen LogP contribution is 2.32. The normalized spacial score (nSPS) is 19.7. The van der Waals surface area contributed by atoms with Gasteiger partial charge in [0, 0.05) is 17.7 Å². The van der Waals surface area contributed by atoms with Crippen LogP contribution in [0.5, 0.6) is 11.5 Å². The Kier molecular flexibility index (Phi) is 4.24. The molecule has 0 amide bonds.